The molecule has 35 atom stereocenters. The molecule has 720 valence electrons. The highest BCUT2D eigenvalue weighted by Crippen LogP contribution is 2.40. The predicted molar refractivity (Wildman–Crippen MR) is 432 cm³/mol. The number of hydrogen-bond donors (Lipinski definition) is 21. The van der Waals surface area contributed by atoms with Crippen molar-refractivity contribution in [1.82, 2.24) is 0 Å². The maximum absolute atomic E-state index is 11.7. The molecular formula is C82H158O38S. The second-order valence-corrected chi connectivity index (χ2v) is 33.8. The second-order valence-electron chi connectivity index (χ2n) is 32.7. The molecule has 21 N–H and O–H groups in total. The van der Waals surface area contributed by atoms with Gasteiger partial charge >= 0.3 is 10.4 Å². The van der Waals surface area contributed by atoms with Crippen LogP contribution in [0.2, 0.25) is 0 Å². The van der Waals surface area contributed by atoms with Crippen LogP contribution >= 0.6 is 0 Å². The van der Waals surface area contributed by atoms with Crippen LogP contribution in [0.1, 0.15) is 261 Å². The highest BCUT2D eigenvalue weighted by atomic mass is 32.3. The van der Waals surface area contributed by atoms with Crippen molar-refractivity contribution in [3.8, 4) is 0 Å². The van der Waals surface area contributed by atoms with Gasteiger partial charge in [-0.25, -0.2) is 4.18 Å². The van der Waals surface area contributed by atoms with E-state index in [9.17, 15) is 115 Å². The van der Waals surface area contributed by atoms with Gasteiger partial charge < -0.3 is 168 Å². The van der Waals surface area contributed by atoms with E-state index in [1.807, 2.05) is 0 Å². The summed E-state index contributed by atoms with van der Waals surface area (Å²) >= 11 is 0. The highest BCUT2D eigenvalue weighted by Gasteiger charge is 2.60. The third kappa shape index (κ3) is 35.6. The van der Waals surface area contributed by atoms with Crippen LogP contribution in [0.3, 0.4) is 0 Å². The zero-order valence-corrected chi connectivity index (χ0v) is 73.3. The molecule has 14 bridgehead atoms. The molecule has 21 rings (SSSR count). The molecule has 0 aliphatic carbocycles. The van der Waals surface area contributed by atoms with Gasteiger partial charge in [0.2, 0.25) is 0 Å². The smallest absolute Gasteiger partial charge is 0.394 e. The standard InChI is InChI=1S/C42H70O38S.4C10H22/c43-1-8-29-16(50)23(57)37(68-8)76-31-10(3-45)70-39(25(59)18(31)52)78-33-12(5-47)72-41(27(61)20(33)54)80-35-14(7-66-81(63,64)65)73-42(28(62)21(35)55)79-34-13(6-48)71-40(26(60)19(34)53)77-32-11(4-46)69-38(24(58)17(32)51)75-30-9(2-44)67-36(74-29)22(56)15(30)49;4*1-3-5-7-9-10-8-6-4-2/h8-62H,1-7H2,(H,63,64,65);4*3-10H2,1-2H3/t8-,9-,10-,11-,12-,13-,14-,15-,16-,17-,18-,19-,20-,21-,22-,23-,24-,25-,26-,27-,28-,29-,30-,31-,32-,33-,34-,35-,36-,37-,38-,39-,40-,41-,42-;;;;/m1..../s1. The van der Waals surface area contributed by atoms with Crippen LogP contribution in [0.5, 0.6) is 0 Å². The van der Waals surface area contributed by atoms with E-state index >= 15 is 0 Å². The van der Waals surface area contributed by atoms with Crippen molar-refractivity contribution in [3.05, 3.63) is 0 Å². The molecule has 38 nitrogen and oxygen atoms in total. The Morgan fingerprint density at radius 1 is 0.198 bits per heavy atom. The van der Waals surface area contributed by atoms with Crippen LogP contribution in [0, 0.1) is 0 Å². The zero-order chi connectivity index (χ0) is 89.9. The number of aliphatic hydroxyl groups is 20. The fraction of sp³-hybridized carbons (Fsp3) is 1.00. The molecule has 0 saturated carbocycles. The number of ether oxygens (including phenoxy) is 14. The number of unbranched alkanes of at least 4 members (excludes halogenated alkanes) is 28. The first-order chi connectivity index (χ1) is 58.0. The minimum absolute atomic E-state index is 1.07. The van der Waals surface area contributed by atoms with Crippen LogP contribution in [-0.2, 0) is 80.9 Å². The molecule has 39 heteroatoms. The first-order valence-electron chi connectivity index (χ1n) is 44.9. The van der Waals surface area contributed by atoms with E-state index in [0.29, 0.717) is 0 Å². The average molecular weight is 1780 g/mol. The van der Waals surface area contributed by atoms with Crippen molar-refractivity contribution in [2.45, 2.75) is 476 Å². The second kappa shape index (κ2) is 61.2. The van der Waals surface area contributed by atoms with Gasteiger partial charge in [-0.3, -0.25) is 4.55 Å². The average Bonchev–Trinajstić information content (AvgIpc) is 0.855. The lowest BCUT2D eigenvalue weighted by molar-refractivity contribution is -0.396. The van der Waals surface area contributed by atoms with E-state index in [-0.39, 0.29) is 0 Å². The van der Waals surface area contributed by atoms with Crippen LogP contribution in [0.4, 0.5) is 0 Å². The van der Waals surface area contributed by atoms with E-state index in [4.69, 9.17) is 66.3 Å². The summed E-state index contributed by atoms with van der Waals surface area (Å²) in [7, 11) is -5.37. The fourth-order valence-corrected chi connectivity index (χ4v) is 15.7. The van der Waals surface area contributed by atoms with Crippen molar-refractivity contribution < 1.29 is 186 Å². The van der Waals surface area contributed by atoms with E-state index < -0.39 is 272 Å². The Hall–Kier alpha value is -1.49. The van der Waals surface area contributed by atoms with Crippen molar-refractivity contribution in [2.24, 2.45) is 0 Å². The Labute approximate surface area is 715 Å². The molecule has 0 aromatic heterocycles. The minimum Gasteiger partial charge on any atom is -0.394 e. The van der Waals surface area contributed by atoms with Gasteiger partial charge in [0, 0.05) is 0 Å². The molecule has 0 spiro atoms. The largest absolute Gasteiger partial charge is 0.397 e. The summed E-state index contributed by atoms with van der Waals surface area (Å²) in [6.07, 6.45) is -27.7. The SMILES string of the molecule is CCCCCCCCCC.CCCCCCCCCC.CCCCCCCCCC.CCCCCCCCCC.O=S(=O)(O)OC[C@H]1O[C@@H]2O[C@H]3[C@H](O)[C@@H](O)[C@@H](O[C@H]4[C@H](O)[C@@H](O)[C@@H](O[C@H]5[C@H](O)[C@@H](O)[C@@H](O[C@H]6[C@H](O)[C@@H](O)[C@@H](O[C@H]7[C@H](O)[C@@H](O)[C@@H](O[C@H]8[C@H](O)[C@@H](O)[C@@H](O[C@H]1[C@H](O)[C@H]2O)O[C@@H]8CO)O[C@@H]7CO)O[C@@H]6CO)O[C@@H]5CO)O[C@@H]4CO)O[C@@H]3CO. The molecule has 0 radical (unpaired) electrons. The van der Waals surface area contributed by atoms with E-state index in [1.54, 1.807) is 0 Å². The summed E-state index contributed by atoms with van der Waals surface area (Å²) in [6.45, 7) is 10.2. The molecule has 0 unspecified atom stereocenters. The lowest BCUT2D eigenvalue weighted by atomic mass is 9.95. The van der Waals surface area contributed by atoms with E-state index in [0.717, 1.165) is 0 Å². The first-order valence-corrected chi connectivity index (χ1v) is 46.3. The lowest BCUT2D eigenvalue weighted by Gasteiger charge is -2.50. The van der Waals surface area contributed by atoms with Gasteiger partial charge in [0.25, 0.3) is 0 Å². The Balaban J connectivity index is 0.000000626. The molecule has 21 aliphatic rings. The molecule has 0 aromatic rings. The maximum atomic E-state index is 11.7. The Morgan fingerprint density at radius 2 is 0.322 bits per heavy atom. The lowest BCUT2D eigenvalue weighted by Crippen LogP contribution is -2.68. The van der Waals surface area contributed by atoms with E-state index in [1.165, 1.54) is 205 Å². The summed E-state index contributed by atoms with van der Waals surface area (Å²) in [4.78, 5) is 0. The summed E-state index contributed by atoms with van der Waals surface area (Å²) in [5.74, 6) is 0. The number of hydrogen-bond acceptors (Lipinski definition) is 37. The fourth-order valence-electron chi connectivity index (χ4n) is 15.4. The Bertz CT molecular complexity index is 2570. The van der Waals surface area contributed by atoms with Crippen LogP contribution in [0.25, 0.3) is 0 Å². The third-order valence-electron chi connectivity index (χ3n) is 22.8. The monoisotopic (exact) mass is 1780 g/mol. The zero-order valence-electron chi connectivity index (χ0n) is 72.5. The van der Waals surface area contributed by atoms with Crippen molar-refractivity contribution >= 4 is 10.4 Å². The summed E-state index contributed by atoms with van der Waals surface area (Å²) in [5.41, 5.74) is 0. The Kier molecular flexibility index (Phi) is 56.6. The van der Waals surface area contributed by atoms with Gasteiger partial charge in [-0.2, -0.15) is 8.42 Å². The van der Waals surface area contributed by atoms with Crippen LogP contribution < -0.4 is 0 Å². The normalized spacial score (nSPS) is 39.1. The quantitative estimate of drug-likeness (QED) is 0.0307. The molecule has 21 aliphatic heterocycles. The predicted octanol–water partition coefficient (Wildman–Crippen LogP) is 1.18. The first kappa shape index (κ1) is 112. The molecule has 21 heterocycles. The molecule has 0 amide bonds. The van der Waals surface area contributed by atoms with Crippen molar-refractivity contribution in [3.63, 3.8) is 0 Å². The Morgan fingerprint density at radius 3 is 0.446 bits per heavy atom. The summed E-state index contributed by atoms with van der Waals surface area (Å²) < 4.78 is 117. The molecule has 0 aromatic carbocycles. The number of aliphatic hydroxyl groups excluding tert-OH is 20. The highest BCUT2D eigenvalue weighted by molar-refractivity contribution is 7.80. The van der Waals surface area contributed by atoms with E-state index in [2.05, 4.69) is 59.6 Å². The van der Waals surface area contributed by atoms with Gasteiger partial charge in [-0.1, -0.05) is 261 Å². The molecule has 121 heavy (non-hydrogen) atoms. The van der Waals surface area contributed by atoms with Gasteiger partial charge in [-0.05, 0) is 0 Å². The molecule has 21 saturated heterocycles. The van der Waals surface area contributed by atoms with Gasteiger partial charge in [0.1, 0.15) is 171 Å². The van der Waals surface area contributed by atoms with Crippen LogP contribution in [0.15, 0.2) is 0 Å². The van der Waals surface area contributed by atoms with Gasteiger partial charge in [-0.15, -0.1) is 0 Å². The van der Waals surface area contributed by atoms with Crippen molar-refractivity contribution in [1.29, 1.82) is 0 Å². The minimum atomic E-state index is -5.37. The molecule has 21 fully saturated rings. The summed E-state index contributed by atoms with van der Waals surface area (Å²) in [5, 5.41) is 221. The summed E-state index contributed by atoms with van der Waals surface area (Å²) in [6, 6.07) is 0. The molecular weight excluding hydrogens is 1620 g/mol. The van der Waals surface area contributed by atoms with Gasteiger partial charge in [0.15, 0.2) is 44.0 Å². The third-order valence-corrected chi connectivity index (χ3v) is 23.2. The topological polar surface area (TPSA) is 597 Å². The number of rotatable bonds is 37. The maximum Gasteiger partial charge on any atom is 0.397 e. The van der Waals surface area contributed by atoms with Gasteiger partial charge in [0.05, 0.1) is 46.2 Å². The van der Waals surface area contributed by atoms with Crippen molar-refractivity contribution in [2.75, 3.05) is 46.2 Å². The van der Waals surface area contributed by atoms with Crippen LogP contribution in [-0.4, -0.2) is 376 Å².